The molecule has 1 aliphatic rings. The van der Waals surface area contributed by atoms with Gasteiger partial charge in [0.15, 0.2) is 0 Å². The topological polar surface area (TPSA) is 119 Å². The van der Waals surface area contributed by atoms with Gasteiger partial charge in [0.25, 0.3) is 0 Å². The van der Waals surface area contributed by atoms with Crippen molar-refractivity contribution in [3.05, 3.63) is 64.7 Å². The number of fused-ring (bicyclic) bond motifs is 1. The second kappa shape index (κ2) is 9.15. The van der Waals surface area contributed by atoms with Crippen LogP contribution in [0.15, 0.2) is 48.5 Å². The van der Waals surface area contributed by atoms with Crippen LogP contribution in [0.25, 0.3) is 0 Å². The third-order valence-corrected chi connectivity index (χ3v) is 5.17. The molecule has 0 spiro atoms. The Morgan fingerprint density at radius 3 is 2.47 bits per heavy atom. The minimum atomic E-state index is -1.32. The van der Waals surface area contributed by atoms with Gasteiger partial charge in [-0.25, -0.2) is 9.59 Å². The van der Waals surface area contributed by atoms with Crippen molar-refractivity contribution in [3.63, 3.8) is 0 Å². The van der Waals surface area contributed by atoms with Gasteiger partial charge in [-0.1, -0.05) is 41.9 Å². The number of carbonyl (C=O) groups excluding carboxylic acids is 2. The molecule has 3 amide bonds. The predicted molar refractivity (Wildman–Crippen MR) is 111 cm³/mol. The first-order valence-corrected chi connectivity index (χ1v) is 9.75. The number of aliphatic hydroxyl groups excluding tert-OH is 1. The van der Waals surface area contributed by atoms with Gasteiger partial charge in [0.05, 0.1) is 6.10 Å². The highest BCUT2D eigenvalue weighted by atomic mass is 35.5. The molecule has 158 valence electrons. The van der Waals surface area contributed by atoms with Crippen molar-refractivity contribution in [3.8, 4) is 0 Å². The van der Waals surface area contributed by atoms with Crippen molar-refractivity contribution in [1.29, 1.82) is 0 Å². The number of amides is 3. The second-order valence-corrected chi connectivity index (χ2v) is 7.56. The number of nitrogens with zero attached hydrogens (tertiary/aromatic N) is 1. The van der Waals surface area contributed by atoms with E-state index in [4.69, 9.17) is 11.6 Å². The summed E-state index contributed by atoms with van der Waals surface area (Å²) in [6.07, 6.45) is -1.09. The molecule has 0 aliphatic carbocycles. The first-order chi connectivity index (χ1) is 14.3. The van der Waals surface area contributed by atoms with Gasteiger partial charge in [0.1, 0.15) is 12.1 Å². The van der Waals surface area contributed by atoms with E-state index in [0.717, 1.165) is 11.1 Å². The number of carboxylic acid groups (broad SMARTS) is 1. The van der Waals surface area contributed by atoms with Gasteiger partial charge < -0.3 is 25.7 Å². The second-order valence-electron chi connectivity index (χ2n) is 7.12. The number of aliphatic carboxylic acids is 1. The number of aliphatic hydroxyl groups is 1. The molecule has 2 aromatic rings. The summed E-state index contributed by atoms with van der Waals surface area (Å²) in [5.41, 5.74) is 2.09. The lowest BCUT2D eigenvalue weighted by Crippen LogP contribution is -2.59. The van der Waals surface area contributed by atoms with Crippen molar-refractivity contribution < 1.29 is 24.6 Å². The number of carbonyl (C=O) groups is 3. The number of anilines is 1. The van der Waals surface area contributed by atoms with Crippen molar-refractivity contribution in [2.75, 3.05) is 5.32 Å². The number of urea groups is 1. The fourth-order valence-electron chi connectivity index (χ4n) is 3.42. The molecule has 3 atom stereocenters. The van der Waals surface area contributed by atoms with E-state index in [1.54, 1.807) is 18.2 Å². The van der Waals surface area contributed by atoms with Crippen LogP contribution in [-0.2, 0) is 22.6 Å². The van der Waals surface area contributed by atoms with E-state index in [-0.39, 0.29) is 13.0 Å². The van der Waals surface area contributed by atoms with Crippen molar-refractivity contribution in [2.45, 2.75) is 38.1 Å². The maximum Gasteiger partial charge on any atom is 0.326 e. The van der Waals surface area contributed by atoms with Crippen molar-refractivity contribution in [1.82, 2.24) is 10.2 Å². The molecular formula is C21H22ClN3O5. The summed E-state index contributed by atoms with van der Waals surface area (Å²) in [6.45, 7) is 1.43. The molecule has 1 heterocycles. The molecule has 0 radical (unpaired) electrons. The largest absolute Gasteiger partial charge is 0.480 e. The highest BCUT2D eigenvalue weighted by molar-refractivity contribution is 6.30. The minimum absolute atomic E-state index is 0.0762. The Morgan fingerprint density at radius 2 is 1.83 bits per heavy atom. The third kappa shape index (κ3) is 4.90. The summed E-state index contributed by atoms with van der Waals surface area (Å²) in [7, 11) is 0. The molecule has 8 nitrogen and oxygen atoms in total. The Kier molecular flexibility index (Phi) is 6.59. The number of hydrogen-bond acceptors (Lipinski definition) is 4. The first kappa shape index (κ1) is 21.6. The van der Waals surface area contributed by atoms with E-state index in [1.165, 1.54) is 17.9 Å². The van der Waals surface area contributed by atoms with E-state index in [1.807, 2.05) is 24.3 Å². The third-order valence-electron chi connectivity index (χ3n) is 4.93. The SMILES string of the molecule is CC(O)C(NC(=O)Nc1cccc(Cl)c1)C(=O)N1Cc2ccccc2C[C@@H]1C(=O)O. The van der Waals surface area contributed by atoms with Crippen LogP contribution in [0.3, 0.4) is 0 Å². The Morgan fingerprint density at radius 1 is 1.13 bits per heavy atom. The molecule has 0 aromatic heterocycles. The van der Waals surface area contributed by atoms with Crippen LogP contribution in [0.1, 0.15) is 18.1 Å². The van der Waals surface area contributed by atoms with Gasteiger partial charge in [-0.2, -0.15) is 0 Å². The van der Waals surface area contributed by atoms with E-state index in [2.05, 4.69) is 10.6 Å². The van der Waals surface area contributed by atoms with Crippen LogP contribution in [0, 0.1) is 0 Å². The molecule has 1 aliphatic heterocycles. The fourth-order valence-corrected chi connectivity index (χ4v) is 3.61. The maximum atomic E-state index is 13.1. The van der Waals surface area contributed by atoms with E-state index in [0.29, 0.717) is 10.7 Å². The highest BCUT2D eigenvalue weighted by Crippen LogP contribution is 2.24. The maximum absolute atomic E-state index is 13.1. The summed E-state index contributed by atoms with van der Waals surface area (Å²) in [5.74, 6) is -1.82. The van der Waals surface area contributed by atoms with Gasteiger partial charge in [0, 0.05) is 23.7 Å². The van der Waals surface area contributed by atoms with Gasteiger partial charge in [0.2, 0.25) is 5.91 Å². The lowest BCUT2D eigenvalue weighted by Gasteiger charge is -2.37. The highest BCUT2D eigenvalue weighted by Gasteiger charge is 2.39. The summed E-state index contributed by atoms with van der Waals surface area (Å²) in [5, 5.41) is 25.2. The van der Waals surface area contributed by atoms with Gasteiger partial charge in [-0.05, 0) is 36.2 Å². The van der Waals surface area contributed by atoms with Crippen LogP contribution in [-0.4, -0.2) is 51.2 Å². The Hall–Kier alpha value is -3.10. The molecule has 30 heavy (non-hydrogen) atoms. The number of hydrogen-bond donors (Lipinski definition) is 4. The molecule has 0 saturated carbocycles. The lowest BCUT2D eigenvalue weighted by atomic mass is 9.93. The van der Waals surface area contributed by atoms with E-state index in [9.17, 15) is 24.6 Å². The lowest BCUT2D eigenvalue weighted by molar-refractivity contribution is -0.153. The van der Waals surface area contributed by atoms with Gasteiger partial charge in [-0.3, -0.25) is 4.79 Å². The fraction of sp³-hybridized carbons (Fsp3) is 0.286. The van der Waals surface area contributed by atoms with Gasteiger partial charge in [-0.15, -0.1) is 0 Å². The quantitative estimate of drug-likeness (QED) is 0.579. The Bertz CT molecular complexity index is 965. The van der Waals surface area contributed by atoms with Crippen LogP contribution in [0.4, 0.5) is 10.5 Å². The number of benzene rings is 2. The minimum Gasteiger partial charge on any atom is -0.480 e. The molecule has 0 saturated heterocycles. The standard InChI is InChI=1S/C21H22ClN3O5/c1-12(26)18(24-21(30)23-16-8-4-7-15(22)10-16)19(27)25-11-14-6-3-2-5-13(14)9-17(25)20(28)29/h2-8,10,12,17-18,26H,9,11H2,1H3,(H,28,29)(H2,23,24,30)/t12?,17-,18?/m1/s1. The number of rotatable bonds is 5. The molecule has 0 bridgehead atoms. The van der Waals surface area contributed by atoms with Gasteiger partial charge >= 0.3 is 12.0 Å². The number of nitrogens with one attached hydrogen (secondary N) is 2. The number of carboxylic acids is 1. The smallest absolute Gasteiger partial charge is 0.326 e. The Labute approximate surface area is 178 Å². The summed E-state index contributed by atoms with van der Waals surface area (Å²) in [4.78, 5) is 38.5. The van der Waals surface area contributed by atoms with Crippen molar-refractivity contribution >= 4 is 35.2 Å². The number of halogens is 1. The van der Waals surface area contributed by atoms with Crippen LogP contribution < -0.4 is 10.6 Å². The molecule has 2 unspecified atom stereocenters. The molecule has 0 fully saturated rings. The summed E-state index contributed by atoms with van der Waals surface area (Å²) in [6, 6.07) is 10.6. The monoisotopic (exact) mass is 431 g/mol. The first-order valence-electron chi connectivity index (χ1n) is 9.37. The summed E-state index contributed by atoms with van der Waals surface area (Å²) >= 11 is 5.90. The molecule has 4 N–H and O–H groups in total. The summed E-state index contributed by atoms with van der Waals surface area (Å²) < 4.78 is 0. The van der Waals surface area contributed by atoms with E-state index < -0.39 is 36.1 Å². The molecule has 9 heteroatoms. The molecular weight excluding hydrogens is 410 g/mol. The van der Waals surface area contributed by atoms with Crippen LogP contribution >= 0.6 is 11.6 Å². The average molecular weight is 432 g/mol. The van der Waals surface area contributed by atoms with Crippen LogP contribution in [0.5, 0.6) is 0 Å². The Balaban J connectivity index is 1.78. The molecule has 3 rings (SSSR count). The molecule has 2 aromatic carbocycles. The zero-order valence-corrected chi connectivity index (χ0v) is 17.0. The average Bonchev–Trinajstić information content (AvgIpc) is 2.70. The normalized spacial score (nSPS) is 17.4. The zero-order valence-electron chi connectivity index (χ0n) is 16.2. The van der Waals surface area contributed by atoms with Crippen molar-refractivity contribution in [2.24, 2.45) is 0 Å². The zero-order chi connectivity index (χ0) is 21.8. The van der Waals surface area contributed by atoms with E-state index >= 15 is 0 Å². The predicted octanol–water partition coefficient (Wildman–Crippen LogP) is 2.25. The van der Waals surface area contributed by atoms with Crippen LogP contribution in [0.2, 0.25) is 5.02 Å².